The van der Waals surface area contributed by atoms with Crippen molar-refractivity contribution >= 4 is 0 Å². The summed E-state index contributed by atoms with van der Waals surface area (Å²) in [6.45, 7) is 23.5. The summed E-state index contributed by atoms with van der Waals surface area (Å²) in [7, 11) is 0. The molecule has 1 nitrogen and oxygen atoms in total. The Labute approximate surface area is 129 Å². The van der Waals surface area contributed by atoms with Crippen LogP contribution in [0.3, 0.4) is 0 Å². The lowest BCUT2D eigenvalue weighted by atomic mass is 10.1. The van der Waals surface area contributed by atoms with Crippen molar-refractivity contribution in [3.05, 3.63) is 36.6 Å². The molecule has 0 saturated heterocycles. The summed E-state index contributed by atoms with van der Waals surface area (Å²) in [6.07, 6.45) is 8.80. The van der Waals surface area contributed by atoms with Gasteiger partial charge in [0.25, 0.3) is 0 Å². The summed E-state index contributed by atoms with van der Waals surface area (Å²) in [5.41, 5.74) is 0.903. The Morgan fingerprint density at radius 1 is 1.00 bits per heavy atom. The number of hydrogen-bond acceptors (Lipinski definition) is 1. The van der Waals surface area contributed by atoms with Crippen LogP contribution in [-0.2, 0) is 0 Å². The van der Waals surface area contributed by atoms with Gasteiger partial charge in [0.15, 0.2) is 0 Å². The highest BCUT2D eigenvalue weighted by atomic mass is 16.3. The number of allylic oxidation sites excluding steroid dienone is 3. The first-order valence-electron chi connectivity index (χ1n) is 8.11. The fourth-order valence-corrected chi connectivity index (χ4v) is 1.04. The molecule has 0 aliphatic carbocycles. The maximum absolute atomic E-state index is 8.48. The van der Waals surface area contributed by atoms with E-state index in [0.29, 0.717) is 0 Å². The van der Waals surface area contributed by atoms with E-state index in [1.165, 1.54) is 31.8 Å². The van der Waals surface area contributed by atoms with Crippen molar-refractivity contribution in [1.29, 1.82) is 0 Å². The van der Waals surface area contributed by atoms with Gasteiger partial charge in [-0.05, 0) is 18.9 Å². The van der Waals surface area contributed by atoms with Gasteiger partial charge in [0.1, 0.15) is 5.76 Å². The summed E-state index contributed by atoms with van der Waals surface area (Å²) in [5, 5.41) is 8.48. The van der Waals surface area contributed by atoms with Crippen LogP contribution in [0.4, 0.5) is 0 Å². The molecule has 0 aromatic rings. The van der Waals surface area contributed by atoms with Crippen molar-refractivity contribution in [2.45, 2.75) is 81.1 Å². The number of aliphatic hydroxyl groups excluding tert-OH is 1. The molecule has 0 rings (SSSR count). The van der Waals surface area contributed by atoms with Gasteiger partial charge in [-0.1, -0.05) is 99.0 Å². The molecule has 20 heavy (non-hydrogen) atoms. The van der Waals surface area contributed by atoms with E-state index in [1.807, 2.05) is 34.6 Å². The molecule has 122 valence electrons. The molecule has 0 fully saturated rings. The second-order valence-electron chi connectivity index (χ2n) is 4.56. The Hall–Kier alpha value is -0.980. The smallest absolute Gasteiger partial charge is 0.108 e. The van der Waals surface area contributed by atoms with E-state index < -0.39 is 0 Å². The molecule has 1 heteroatoms. The second kappa shape index (κ2) is 26.6. The van der Waals surface area contributed by atoms with Crippen LogP contribution in [0.5, 0.6) is 0 Å². The van der Waals surface area contributed by atoms with Gasteiger partial charge in [-0.3, -0.25) is 0 Å². The van der Waals surface area contributed by atoms with Gasteiger partial charge < -0.3 is 5.11 Å². The largest absolute Gasteiger partial charge is 0.509 e. The van der Waals surface area contributed by atoms with Crippen LogP contribution in [0.25, 0.3) is 0 Å². The lowest BCUT2D eigenvalue weighted by Gasteiger charge is -2.00. The monoisotopic (exact) mass is 284 g/mol. The third-order valence-electron chi connectivity index (χ3n) is 1.95. The zero-order valence-electron chi connectivity index (χ0n) is 15.4. The van der Waals surface area contributed by atoms with Crippen LogP contribution >= 0.6 is 0 Å². The van der Waals surface area contributed by atoms with E-state index >= 15 is 0 Å². The molecule has 0 aliphatic rings. The van der Waals surface area contributed by atoms with Crippen molar-refractivity contribution in [2.24, 2.45) is 5.92 Å². The van der Waals surface area contributed by atoms with Crippen molar-refractivity contribution < 1.29 is 5.11 Å². The third-order valence-corrected chi connectivity index (χ3v) is 1.95. The van der Waals surface area contributed by atoms with Gasteiger partial charge in [-0.15, -0.1) is 0 Å². The fourth-order valence-electron chi connectivity index (χ4n) is 1.04. The summed E-state index contributed by atoms with van der Waals surface area (Å²) in [6, 6.07) is 0. The molecular weight excluding hydrogens is 244 g/mol. The molecule has 0 spiro atoms. The molecule has 0 heterocycles. The van der Waals surface area contributed by atoms with E-state index in [1.54, 1.807) is 6.08 Å². The maximum Gasteiger partial charge on any atom is 0.108 e. The Morgan fingerprint density at radius 3 is 1.65 bits per heavy atom. The Balaban J connectivity index is -0.000000102. The second-order valence-corrected chi connectivity index (χ2v) is 4.56. The molecule has 0 radical (unpaired) electrons. The van der Waals surface area contributed by atoms with E-state index in [4.69, 9.17) is 5.11 Å². The summed E-state index contributed by atoms with van der Waals surface area (Å²) >= 11 is 0. The first kappa shape index (κ1) is 27.4. The minimum absolute atomic E-state index is 0.0630. The average molecular weight is 285 g/mol. The van der Waals surface area contributed by atoms with E-state index in [0.717, 1.165) is 11.5 Å². The molecule has 0 amide bonds. The van der Waals surface area contributed by atoms with E-state index in [2.05, 4.69) is 33.9 Å². The Morgan fingerprint density at radius 2 is 1.45 bits per heavy atom. The minimum Gasteiger partial charge on any atom is -0.509 e. The minimum atomic E-state index is 0.0630. The summed E-state index contributed by atoms with van der Waals surface area (Å²) in [5.74, 6) is 0.967. The highest BCUT2D eigenvalue weighted by molar-refractivity contribution is 5.18. The van der Waals surface area contributed by atoms with Crippen molar-refractivity contribution in [3.63, 3.8) is 0 Å². The van der Waals surface area contributed by atoms with Gasteiger partial charge in [0, 0.05) is 0 Å². The fraction of sp³-hybridized carbons (Fsp3) is 0.684. The normalized spacial score (nSPS) is 8.65. The van der Waals surface area contributed by atoms with Crippen LogP contribution in [0, 0.1) is 5.92 Å². The molecule has 0 aromatic carbocycles. The molecule has 0 saturated carbocycles. The van der Waals surface area contributed by atoms with E-state index in [-0.39, 0.29) is 5.76 Å². The van der Waals surface area contributed by atoms with E-state index in [9.17, 15) is 0 Å². The van der Waals surface area contributed by atoms with Crippen LogP contribution < -0.4 is 0 Å². The average Bonchev–Trinajstić information content (AvgIpc) is 2.42. The zero-order chi connectivity index (χ0) is 17.0. The van der Waals surface area contributed by atoms with Crippen molar-refractivity contribution in [3.8, 4) is 0 Å². The molecule has 0 aromatic heterocycles. The van der Waals surface area contributed by atoms with Crippen molar-refractivity contribution in [1.82, 2.24) is 0 Å². The van der Waals surface area contributed by atoms with Crippen LogP contribution in [0.1, 0.15) is 81.1 Å². The van der Waals surface area contributed by atoms with Crippen molar-refractivity contribution in [2.75, 3.05) is 0 Å². The Kier molecular flexibility index (Phi) is 36.4. The quantitative estimate of drug-likeness (QED) is 0.305. The van der Waals surface area contributed by atoms with Gasteiger partial charge >= 0.3 is 0 Å². The molecule has 1 N–H and O–H groups in total. The lowest BCUT2D eigenvalue weighted by Crippen LogP contribution is -1.85. The Bertz CT molecular complexity index is 196. The standard InChI is InChI=1S/C8H18.C7H10O.2C2H6/c1-4-5-6-7-8(2)3;1-6(2)4-5-7(3)8;2*1-2/h8H,4-7H2,1-3H3;4-5,8H,1,3H2,2H3;2*1-2H3/b;5-4-;;. The number of hydrogen-bond donors (Lipinski definition) is 1. The van der Waals surface area contributed by atoms with Crippen LogP contribution in [0.2, 0.25) is 0 Å². The van der Waals surface area contributed by atoms with Crippen LogP contribution in [-0.4, -0.2) is 5.11 Å². The van der Waals surface area contributed by atoms with Gasteiger partial charge in [-0.2, -0.15) is 0 Å². The molecule has 0 unspecified atom stereocenters. The SMILES string of the molecule is C=C(C)/C=C\C(=C)O.CC.CC.CCCCCC(C)C. The number of rotatable bonds is 6. The topological polar surface area (TPSA) is 20.2 Å². The molecule has 0 atom stereocenters. The maximum atomic E-state index is 8.48. The number of aliphatic hydroxyl groups is 1. The predicted molar refractivity (Wildman–Crippen MR) is 97.4 cm³/mol. The molecule has 0 bridgehead atoms. The molecule has 0 aliphatic heterocycles. The highest BCUT2D eigenvalue weighted by Gasteiger charge is 1.90. The third kappa shape index (κ3) is 53.7. The highest BCUT2D eigenvalue weighted by Crippen LogP contribution is 2.06. The summed E-state index contributed by atoms with van der Waals surface area (Å²) < 4.78 is 0. The summed E-state index contributed by atoms with van der Waals surface area (Å²) in [4.78, 5) is 0. The predicted octanol–water partition coefficient (Wildman–Crippen LogP) is 7.47. The number of unbranched alkanes of at least 4 members (excludes halogenated alkanes) is 2. The van der Waals surface area contributed by atoms with Gasteiger partial charge in [0.05, 0.1) is 0 Å². The zero-order valence-corrected chi connectivity index (χ0v) is 15.4. The molecular formula is C19H40O. The van der Waals surface area contributed by atoms with Crippen LogP contribution in [0.15, 0.2) is 36.6 Å². The van der Waals surface area contributed by atoms with Gasteiger partial charge in [-0.25, -0.2) is 0 Å². The first-order valence-corrected chi connectivity index (χ1v) is 8.11. The van der Waals surface area contributed by atoms with Gasteiger partial charge in [0.2, 0.25) is 0 Å². The first-order chi connectivity index (χ1) is 9.40. The lowest BCUT2D eigenvalue weighted by molar-refractivity contribution is 0.435.